The summed E-state index contributed by atoms with van der Waals surface area (Å²) < 4.78 is 2.01. The Morgan fingerprint density at radius 1 is 1.06 bits per heavy atom. The molecule has 0 saturated carbocycles. The molecular formula is C25H18Cl2N4OS. The van der Waals surface area contributed by atoms with Crippen molar-refractivity contribution in [3.63, 3.8) is 0 Å². The number of benzene rings is 2. The fourth-order valence-electron chi connectivity index (χ4n) is 4.04. The van der Waals surface area contributed by atoms with Crippen LogP contribution in [0.4, 0.5) is 0 Å². The lowest BCUT2D eigenvalue weighted by Gasteiger charge is -2.26. The molecule has 2 aliphatic heterocycles. The van der Waals surface area contributed by atoms with Gasteiger partial charge in [-0.15, -0.1) is 0 Å². The molecule has 2 aliphatic rings. The first kappa shape index (κ1) is 21.8. The van der Waals surface area contributed by atoms with Gasteiger partial charge in [0.2, 0.25) is 0 Å². The average molecular weight is 493 g/mol. The number of amides is 1. The van der Waals surface area contributed by atoms with Crippen LogP contribution in [0.3, 0.4) is 0 Å². The first-order valence-electron chi connectivity index (χ1n) is 10.2. The maximum atomic E-state index is 12.9. The van der Waals surface area contributed by atoms with Crippen LogP contribution in [0.15, 0.2) is 70.6 Å². The third-order valence-corrected chi connectivity index (χ3v) is 6.97. The van der Waals surface area contributed by atoms with Gasteiger partial charge in [-0.05, 0) is 55.3 Å². The maximum Gasteiger partial charge on any atom is 0.283 e. The maximum absolute atomic E-state index is 12.9. The van der Waals surface area contributed by atoms with Crippen molar-refractivity contribution in [2.45, 2.75) is 13.8 Å². The van der Waals surface area contributed by atoms with Gasteiger partial charge >= 0.3 is 0 Å². The summed E-state index contributed by atoms with van der Waals surface area (Å²) in [6, 6.07) is 17.1. The highest BCUT2D eigenvalue weighted by molar-refractivity contribution is 8.17. The van der Waals surface area contributed by atoms with Crippen LogP contribution in [0.1, 0.15) is 22.5 Å². The van der Waals surface area contributed by atoms with Gasteiger partial charge in [-0.3, -0.25) is 15.1 Å². The number of thioether (sulfide) groups is 1. The smallest absolute Gasteiger partial charge is 0.283 e. The van der Waals surface area contributed by atoms with Crippen LogP contribution in [-0.4, -0.2) is 26.4 Å². The zero-order valence-electron chi connectivity index (χ0n) is 17.8. The van der Waals surface area contributed by atoms with E-state index in [2.05, 4.69) is 4.99 Å². The molecule has 0 bridgehead atoms. The van der Waals surface area contributed by atoms with Gasteiger partial charge in [-0.2, -0.15) is 4.99 Å². The van der Waals surface area contributed by atoms with Crippen LogP contribution in [0.2, 0.25) is 10.0 Å². The number of carbonyl (C=O) groups excluding carboxylic acids is 1. The Hall–Kier alpha value is -3.06. The Balaban J connectivity index is 1.56. The summed E-state index contributed by atoms with van der Waals surface area (Å²) in [5.41, 5.74) is 5.51. The molecule has 0 aliphatic carbocycles. The second-order valence-electron chi connectivity index (χ2n) is 7.69. The number of aliphatic imine (C=N–C) groups is 1. The van der Waals surface area contributed by atoms with Crippen LogP contribution < -0.4 is 0 Å². The summed E-state index contributed by atoms with van der Waals surface area (Å²) in [7, 11) is 0. The molecule has 0 spiro atoms. The van der Waals surface area contributed by atoms with Gasteiger partial charge in [-0.1, -0.05) is 65.3 Å². The molecule has 2 aromatic carbocycles. The van der Waals surface area contributed by atoms with Crippen molar-refractivity contribution >= 4 is 63.6 Å². The fourth-order valence-corrected chi connectivity index (χ4v) is 5.42. The SMILES string of the molecule is Cc1cc(/C=C2/C(=N)N3C(c4ccccc4)=CSC3=NC2=O)c(C)n1-c1ccc(Cl)cc1Cl. The van der Waals surface area contributed by atoms with Gasteiger partial charge in [0.1, 0.15) is 5.84 Å². The largest absolute Gasteiger partial charge is 0.316 e. The number of aromatic nitrogens is 1. The normalized spacial score (nSPS) is 16.8. The number of halogens is 2. The Kier molecular flexibility index (Phi) is 5.52. The molecule has 0 fully saturated rings. The zero-order valence-corrected chi connectivity index (χ0v) is 20.1. The van der Waals surface area contributed by atoms with Gasteiger partial charge in [0.25, 0.3) is 5.91 Å². The Morgan fingerprint density at radius 2 is 1.82 bits per heavy atom. The first-order valence-corrected chi connectivity index (χ1v) is 11.8. The summed E-state index contributed by atoms with van der Waals surface area (Å²) in [4.78, 5) is 18.8. The number of nitrogens with zero attached hydrogens (tertiary/aromatic N) is 3. The monoisotopic (exact) mass is 492 g/mol. The molecule has 164 valence electrons. The lowest BCUT2D eigenvalue weighted by molar-refractivity contribution is -0.114. The summed E-state index contributed by atoms with van der Waals surface area (Å²) in [5.74, 6) is -0.310. The van der Waals surface area contributed by atoms with Crippen LogP contribution >= 0.6 is 35.0 Å². The van der Waals surface area contributed by atoms with E-state index in [1.54, 1.807) is 23.1 Å². The fraction of sp³-hybridized carbons (Fsp3) is 0.0800. The minimum atomic E-state index is -0.421. The molecule has 0 atom stereocenters. The summed E-state index contributed by atoms with van der Waals surface area (Å²) in [6.45, 7) is 3.93. The molecular weight excluding hydrogens is 475 g/mol. The van der Waals surface area contributed by atoms with Crippen LogP contribution in [-0.2, 0) is 4.79 Å². The third-order valence-electron chi connectivity index (χ3n) is 5.60. The Labute approximate surface area is 205 Å². The number of rotatable bonds is 3. The molecule has 0 saturated heterocycles. The molecule has 3 heterocycles. The van der Waals surface area contributed by atoms with E-state index in [-0.39, 0.29) is 11.4 Å². The molecule has 1 amide bonds. The number of amidine groups is 2. The van der Waals surface area contributed by atoms with Gasteiger partial charge in [0, 0.05) is 21.8 Å². The van der Waals surface area contributed by atoms with Crippen molar-refractivity contribution in [2.24, 2.45) is 4.99 Å². The minimum absolute atomic E-state index is 0.111. The van der Waals surface area contributed by atoms with E-state index in [9.17, 15) is 4.79 Å². The van der Waals surface area contributed by atoms with Gasteiger partial charge in [0.05, 0.1) is 22.0 Å². The van der Waals surface area contributed by atoms with Crippen LogP contribution in [0.25, 0.3) is 17.5 Å². The van der Waals surface area contributed by atoms with Crippen LogP contribution in [0.5, 0.6) is 0 Å². The highest BCUT2D eigenvalue weighted by Gasteiger charge is 2.36. The standard InChI is InChI=1S/C25H18Cl2N4OS/c1-14-10-17(15(2)30(14)21-9-8-18(26)12-20(21)27)11-19-23(28)31-22(16-6-4-3-5-7-16)13-33-25(31)29-24(19)32/h3-13,28H,1-2H3/b19-11-,28-23?. The van der Waals surface area contributed by atoms with Crippen molar-refractivity contribution in [3.8, 4) is 5.69 Å². The lowest BCUT2D eigenvalue weighted by Crippen LogP contribution is -2.38. The van der Waals surface area contributed by atoms with E-state index >= 15 is 0 Å². The van der Waals surface area contributed by atoms with E-state index in [0.717, 1.165) is 33.9 Å². The molecule has 0 unspecified atom stereocenters. The van der Waals surface area contributed by atoms with Gasteiger partial charge in [0.15, 0.2) is 5.17 Å². The average Bonchev–Trinajstić information content (AvgIpc) is 3.33. The number of fused-ring (bicyclic) bond motifs is 1. The van der Waals surface area contributed by atoms with E-state index in [0.29, 0.717) is 15.2 Å². The number of nitrogens with one attached hydrogen (secondary N) is 1. The second-order valence-corrected chi connectivity index (χ2v) is 9.37. The van der Waals surface area contributed by atoms with Gasteiger partial charge in [-0.25, -0.2) is 0 Å². The number of hydrogen-bond acceptors (Lipinski definition) is 3. The van der Waals surface area contributed by atoms with Crippen LogP contribution in [0, 0.1) is 19.3 Å². The summed E-state index contributed by atoms with van der Waals surface area (Å²) in [6.07, 6.45) is 1.74. The van der Waals surface area contributed by atoms with Crippen molar-refractivity contribution in [3.05, 3.63) is 98.1 Å². The molecule has 1 N–H and O–H groups in total. The quantitative estimate of drug-likeness (QED) is 0.413. The molecule has 0 radical (unpaired) electrons. The Morgan fingerprint density at radius 3 is 2.55 bits per heavy atom. The predicted molar refractivity (Wildman–Crippen MR) is 137 cm³/mol. The van der Waals surface area contributed by atoms with Crippen molar-refractivity contribution < 1.29 is 4.79 Å². The zero-order chi connectivity index (χ0) is 23.3. The summed E-state index contributed by atoms with van der Waals surface area (Å²) in [5, 5.41) is 12.4. The van der Waals surface area contributed by atoms with Gasteiger partial charge < -0.3 is 4.57 Å². The molecule has 5 rings (SSSR count). The molecule has 3 aromatic rings. The molecule has 1 aromatic heterocycles. The second kappa shape index (κ2) is 8.37. The highest BCUT2D eigenvalue weighted by atomic mass is 35.5. The number of hydrogen-bond donors (Lipinski definition) is 1. The predicted octanol–water partition coefficient (Wildman–Crippen LogP) is 6.71. The van der Waals surface area contributed by atoms with Crippen molar-refractivity contribution in [1.82, 2.24) is 9.47 Å². The topological polar surface area (TPSA) is 61.5 Å². The number of carbonyl (C=O) groups is 1. The molecule has 5 nitrogen and oxygen atoms in total. The van der Waals surface area contributed by atoms with E-state index in [4.69, 9.17) is 28.6 Å². The molecule has 33 heavy (non-hydrogen) atoms. The molecule has 8 heteroatoms. The summed E-state index contributed by atoms with van der Waals surface area (Å²) >= 11 is 13.9. The number of aryl methyl sites for hydroxylation is 1. The Bertz CT molecular complexity index is 1420. The van der Waals surface area contributed by atoms with E-state index in [1.165, 1.54) is 11.8 Å². The van der Waals surface area contributed by atoms with Crippen molar-refractivity contribution in [2.75, 3.05) is 0 Å². The third kappa shape index (κ3) is 3.74. The highest BCUT2D eigenvalue weighted by Crippen LogP contribution is 2.38. The van der Waals surface area contributed by atoms with E-state index in [1.807, 2.05) is 66.3 Å². The van der Waals surface area contributed by atoms with E-state index < -0.39 is 5.91 Å². The lowest BCUT2D eigenvalue weighted by atomic mass is 10.1. The first-order chi connectivity index (χ1) is 15.8. The van der Waals surface area contributed by atoms with Crippen molar-refractivity contribution in [1.29, 1.82) is 5.41 Å². The minimum Gasteiger partial charge on any atom is -0.316 e.